The molecule has 1 N–H and O–H groups in total. The lowest BCUT2D eigenvalue weighted by molar-refractivity contribution is 0.0213. The molecule has 1 aliphatic heterocycles. The summed E-state index contributed by atoms with van der Waals surface area (Å²) in [6.45, 7) is 14.6. The third kappa shape index (κ3) is 5.63. The maximum atomic E-state index is 9.37. The highest BCUT2D eigenvalue weighted by Crippen LogP contribution is 2.40. The zero-order valence-corrected chi connectivity index (χ0v) is 17.5. The Morgan fingerprint density at radius 2 is 1.84 bits per heavy atom. The topological polar surface area (TPSA) is 51.2 Å². The second kappa shape index (κ2) is 8.31. The Morgan fingerprint density at radius 3 is 2.36 bits per heavy atom. The molecule has 1 heterocycles. The fourth-order valence-electron chi connectivity index (χ4n) is 2.79. The molecule has 0 aromatic heterocycles. The molecule has 2 rings (SSSR count). The summed E-state index contributed by atoms with van der Waals surface area (Å²) >= 11 is 0. The molecule has 0 aliphatic carbocycles. The first-order chi connectivity index (χ1) is 11.7. The lowest BCUT2D eigenvalue weighted by Crippen LogP contribution is -2.46. The van der Waals surface area contributed by atoms with E-state index in [2.05, 4.69) is 52.9 Å². The molecule has 1 saturated heterocycles. The van der Waals surface area contributed by atoms with Gasteiger partial charge in [0, 0.05) is 12.0 Å². The lowest BCUT2D eigenvalue weighted by atomic mass is 9.99. The molecule has 0 bridgehead atoms. The summed E-state index contributed by atoms with van der Waals surface area (Å²) < 4.78 is 18.2. The Kier molecular flexibility index (Phi) is 6.85. The fourth-order valence-corrected chi connectivity index (χ4v) is 4.25. The number of epoxide rings is 1. The first-order valence-electron chi connectivity index (χ1n) is 9.21. The van der Waals surface area contributed by atoms with Crippen LogP contribution in [0.25, 0.3) is 0 Å². The molecule has 25 heavy (non-hydrogen) atoms. The van der Waals surface area contributed by atoms with Gasteiger partial charge in [-0.15, -0.1) is 0 Å². The summed E-state index contributed by atoms with van der Waals surface area (Å²) in [6, 6.07) is 10.2. The van der Waals surface area contributed by atoms with Crippen LogP contribution in [0.1, 0.15) is 33.3 Å². The number of benzene rings is 1. The number of rotatable bonds is 9. The van der Waals surface area contributed by atoms with E-state index in [1.165, 1.54) is 0 Å². The van der Waals surface area contributed by atoms with Crippen molar-refractivity contribution in [3.05, 3.63) is 35.9 Å². The molecule has 4 nitrogen and oxygen atoms in total. The van der Waals surface area contributed by atoms with Crippen LogP contribution in [0.5, 0.6) is 0 Å². The van der Waals surface area contributed by atoms with Crippen LogP contribution in [0.4, 0.5) is 0 Å². The van der Waals surface area contributed by atoms with Crippen molar-refractivity contribution in [2.45, 2.75) is 70.7 Å². The van der Waals surface area contributed by atoms with Crippen LogP contribution in [0.2, 0.25) is 18.1 Å². The molecule has 5 heteroatoms. The van der Waals surface area contributed by atoms with E-state index in [1.807, 2.05) is 18.2 Å². The molecule has 0 unspecified atom stereocenters. The van der Waals surface area contributed by atoms with Crippen molar-refractivity contribution in [1.29, 1.82) is 0 Å². The van der Waals surface area contributed by atoms with Crippen molar-refractivity contribution in [3.8, 4) is 0 Å². The fraction of sp³-hybridized carbons (Fsp3) is 0.700. The lowest BCUT2D eigenvalue weighted by Gasteiger charge is -2.40. The number of aliphatic hydroxyl groups excluding tert-OH is 1. The minimum atomic E-state index is -1.86. The Balaban J connectivity index is 1.96. The van der Waals surface area contributed by atoms with Crippen molar-refractivity contribution in [3.63, 3.8) is 0 Å². The van der Waals surface area contributed by atoms with E-state index < -0.39 is 8.32 Å². The SMILES string of the molecule is C[C@@H](O[Si](C)(C)C(C)(C)C)[C@H](COCc1ccccc1)[C@H]1O[C@@H]1CO. The average molecular weight is 367 g/mol. The first kappa shape index (κ1) is 20.6. The highest BCUT2D eigenvalue weighted by atomic mass is 28.4. The van der Waals surface area contributed by atoms with Gasteiger partial charge in [-0.2, -0.15) is 0 Å². The minimum absolute atomic E-state index is 0.0283. The molecular formula is C20H34O4Si. The standard InChI is InChI=1S/C20H34O4Si/c1-15(24-25(5,6)20(2,3)4)17(19-18(12-21)23-19)14-22-13-16-10-8-7-9-11-16/h7-11,15,17-19,21H,12-14H2,1-6H3/t15-,17+,18-,19-/m1/s1. The Hall–Kier alpha value is -0.723. The second-order valence-corrected chi connectivity index (χ2v) is 13.3. The largest absolute Gasteiger partial charge is 0.414 e. The molecule has 1 fully saturated rings. The van der Waals surface area contributed by atoms with Gasteiger partial charge in [0.25, 0.3) is 0 Å². The van der Waals surface area contributed by atoms with E-state index in [0.717, 1.165) is 5.56 Å². The van der Waals surface area contributed by atoms with Crippen LogP contribution in [-0.2, 0) is 20.5 Å². The summed E-state index contributed by atoms with van der Waals surface area (Å²) in [6.07, 6.45) is -0.00505. The van der Waals surface area contributed by atoms with E-state index in [9.17, 15) is 5.11 Å². The summed E-state index contributed by atoms with van der Waals surface area (Å²) in [4.78, 5) is 0. The van der Waals surface area contributed by atoms with Crippen LogP contribution in [0, 0.1) is 5.92 Å². The van der Waals surface area contributed by atoms with Gasteiger partial charge in [-0.3, -0.25) is 0 Å². The van der Waals surface area contributed by atoms with Crippen LogP contribution >= 0.6 is 0 Å². The predicted octanol–water partition coefficient (Wildman–Crippen LogP) is 3.99. The first-order valence-corrected chi connectivity index (χ1v) is 12.1. The number of hydrogen-bond donors (Lipinski definition) is 1. The molecule has 1 aliphatic rings. The van der Waals surface area contributed by atoms with Gasteiger partial charge < -0.3 is 19.0 Å². The maximum Gasteiger partial charge on any atom is 0.192 e. The Morgan fingerprint density at radius 1 is 1.20 bits per heavy atom. The normalized spacial score (nSPS) is 23.3. The molecule has 142 valence electrons. The highest BCUT2D eigenvalue weighted by Gasteiger charge is 2.48. The summed E-state index contributed by atoms with van der Waals surface area (Å²) in [5, 5.41) is 9.54. The predicted molar refractivity (Wildman–Crippen MR) is 103 cm³/mol. The zero-order valence-electron chi connectivity index (χ0n) is 16.5. The average Bonchev–Trinajstić information content (AvgIpc) is 3.30. The van der Waals surface area contributed by atoms with Crippen molar-refractivity contribution in [2.75, 3.05) is 13.2 Å². The van der Waals surface area contributed by atoms with Gasteiger partial charge in [-0.1, -0.05) is 51.1 Å². The molecule has 0 amide bonds. The Labute approximate surface area is 153 Å². The van der Waals surface area contributed by atoms with Crippen molar-refractivity contribution in [1.82, 2.24) is 0 Å². The van der Waals surface area contributed by atoms with E-state index in [4.69, 9.17) is 13.9 Å². The van der Waals surface area contributed by atoms with E-state index in [0.29, 0.717) is 13.2 Å². The molecule has 0 spiro atoms. The molecule has 0 radical (unpaired) electrons. The minimum Gasteiger partial charge on any atom is -0.414 e. The van der Waals surface area contributed by atoms with Crippen LogP contribution < -0.4 is 0 Å². The summed E-state index contributed by atoms with van der Waals surface area (Å²) in [7, 11) is -1.86. The van der Waals surface area contributed by atoms with Crippen molar-refractivity contribution < 1.29 is 19.0 Å². The van der Waals surface area contributed by atoms with Crippen molar-refractivity contribution in [2.24, 2.45) is 5.92 Å². The van der Waals surface area contributed by atoms with Gasteiger partial charge in [-0.25, -0.2) is 0 Å². The van der Waals surface area contributed by atoms with Gasteiger partial charge in [0.15, 0.2) is 8.32 Å². The summed E-state index contributed by atoms with van der Waals surface area (Å²) in [5.74, 6) is 0.134. The number of ether oxygens (including phenoxy) is 2. The second-order valence-electron chi connectivity index (χ2n) is 8.57. The molecule has 4 atom stereocenters. The van der Waals surface area contributed by atoms with E-state index in [1.54, 1.807) is 0 Å². The van der Waals surface area contributed by atoms with Gasteiger partial charge >= 0.3 is 0 Å². The third-order valence-electron chi connectivity index (χ3n) is 5.54. The quantitative estimate of drug-likeness (QED) is 0.530. The maximum absolute atomic E-state index is 9.37. The zero-order chi connectivity index (χ0) is 18.7. The number of hydrogen-bond acceptors (Lipinski definition) is 4. The third-order valence-corrected chi connectivity index (χ3v) is 10.1. The summed E-state index contributed by atoms with van der Waals surface area (Å²) in [5.41, 5.74) is 1.16. The smallest absolute Gasteiger partial charge is 0.192 e. The Bertz CT molecular complexity index is 526. The van der Waals surface area contributed by atoms with Gasteiger partial charge in [0.2, 0.25) is 0 Å². The van der Waals surface area contributed by atoms with Crippen LogP contribution in [0.15, 0.2) is 30.3 Å². The van der Waals surface area contributed by atoms with Crippen LogP contribution in [-0.4, -0.2) is 44.9 Å². The van der Waals surface area contributed by atoms with Gasteiger partial charge in [0.1, 0.15) is 6.10 Å². The number of aliphatic hydroxyl groups is 1. The van der Waals surface area contributed by atoms with Gasteiger partial charge in [-0.05, 0) is 30.6 Å². The monoisotopic (exact) mass is 366 g/mol. The highest BCUT2D eigenvalue weighted by molar-refractivity contribution is 6.74. The van der Waals surface area contributed by atoms with E-state index >= 15 is 0 Å². The molecule has 0 saturated carbocycles. The molecular weight excluding hydrogens is 332 g/mol. The molecule has 1 aromatic carbocycles. The van der Waals surface area contributed by atoms with Crippen LogP contribution in [0.3, 0.4) is 0 Å². The molecule has 1 aromatic rings. The van der Waals surface area contributed by atoms with Gasteiger partial charge in [0.05, 0.1) is 25.9 Å². The van der Waals surface area contributed by atoms with Crippen molar-refractivity contribution >= 4 is 8.32 Å². The van der Waals surface area contributed by atoms with E-state index in [-0.39, 0.29) is 35.9 Å².